The van der Waals surface area contributed by atoms with Gasteiger partial charge in [-0.1, -0.05) is 39.8 Å². The second-order valence-electron chi connectivity index (χ2n) is 5.69. The van der Waals surface area contributed by atoms with Crippen LogP contribution in [0.3, 0.4) is 0 Å². The highest BCUT2D eigenvalue weighted by Gasteiger charge is 2.33. The second kappa shape index (κ2) is 6.06. The molecular weight excluding hydrogens is 228 g/mol. The maximum atomic E-state index is 11.3. The van der Waals surface area contributed by atoms with Crippen molar-refractivity contribution in [2.75, 3.05) is 6.61 Å². The van der Waals surface area contributed by atoms with Gasteiger partial charge >= 0.3 is 5.97 Å². The lowest BCUT2D eigenvalue weighted by molar-refractivity contribution is -0.138. The SMILES string of the molecule is CCOC(=O)/C(C)=C/C#C[Si](C)(C)C(C)(C)C. The summed E-state index contributed by atoms with van der Waals surface area (Å²) >= 11 is 0. The summed E-state index contributed by atoms with van der Waals surface area (Å²) in [6, 6.07) is 0. The van der Waals surface area contributed by atoms with E-state index >= 15 is 0 Å². The summed E-state index contributed by atoms with van der Waals surface area (Å²) in [4.78, 5) is 11.3. The number of carbonyl (C=O) groups is 1. The van der Waals surface area contributed by atoms with E-state index in [1.54, 1.807) is 19.9 Å². The van der Waals surface area contributed by atoms with Gasteiger partial charge in [-0.3, -0.25) is 0 Å². The zero-order valence-corrected chi connectivity index (χ0v) is 13.1. The number of hydrogen-bond acceptors (Lipinski definition) is 2. The van der Waals surface area contributed by atoms with Gasteiger partial charge in [0.05, 0.1) is 6.61 Å². The molecule has 0 N–H and O–H groups in total. The molecule has 0 bridgehead atoms. The van der Waals surface area contributed by atoms with Gasteiger partial charge in [-0.05, 0) is 25.0 Å². The zero-order chi connectivity index (χ0) is 13.7. The number of carbonyl (C=O) groups excluding carboxylic acids is 1. The van der Waals surface area contributed by atoms with E-state index < -0.39 is 8.07 Å². The molecule has 0 heterocycles. The third kappa shape index (κ3) is 5.23. The van der Waals surface area contributed by atoms with Gasteiger partial charge in [0.15, 0.2) is 0 Å². The topological polar surface area (TPSA) is 26.3 Å². The minimum Gasteiger partial charge on any atom is -0.463 e. The van der Waals surface area contributed by atoms with E-state index in [1.807, 2.05) is 0 Å². The average molecular weight is 252 g/mol. The van der Waals surface area contributed by atoms with Crippen LogP contribution < -0.4 is 0 Å². The van der Waals surface area contributed by atoms with Crippen LogP contribution in [-0.4, -0.2) is 20.7 Å². The summed E-state index contributed by atoms with van der Waals surface area (Å²) in [7, 11) is -1.58. The highest BCUT2D eigenvalue weighted by atomic mass is 28.3. The molecule has 0 aliphatic carbocycles. The molecule has 0 saturated carbocycles. The Morgan fingerprint density at radius 1 is 1.35 bits per heavy atom. The molecule has 17 heavy (non-hydrogen) atoms. The molecule has 96 valence electrons. The standard InChI is InChI=1S/C14H24O2Si/c1-8-16-13(15)12(2)10-9-11-17(6,7)14(3,4)5/h10H,8H2,1-7H3/b12-10+. The molecule has 0 aromatic carbocycles. The van der Waals surface area contributed by atoms with Crippen molar-refractivity contribution in [1.82, 2.24) is 0 Å². The third-order valence-electron chi connectivity index (χ3n) is 3.15. The number of rotatable bonds is 2. The summed E-state index contributed by atoms with van der Waals surface area (Å²) in [6.45, 7) is 15.1. The summed E-state index contributed by atoms with van der Waals surface area (Å²) < 4.78 is 4.89. The third-order valence-corrected chi connectivity index (χ3v) is 7.67. The first kappa shape index (κ1) is 16.0. The van der Waals surface area contributed by atoms with Crippen LogP contribution in [0, 0.1) is 11.5 Å². The van der Waals surface area contributed by atoms with Crippen molar-refractivity contribution in [2.24, 2.45) is 0 Å². The molecular formula is C14H24O2Si. The van der Waals surface area contributed by atoms with E-state index in [2.05, 4.69) is 45.3 Å². The summed E-state index contributed by atoms with van der Waals surface area (Å²) in [5, 5.41) is 0.242. The Hall–Kier alpha value is -1.01. The molecule has 0 spiro atoms. The normalized spacial score (nSPS) is 12.8. The van der Waals surface area contributed by atoms with Gasteiger partial charge in [0, 0.05) is 5.57 Å². The first-order valence-electron chi connectivity index (χ1n) is 5.98. The maximum Gasteiger partial charge on any atom is 0.334 e. The van der Waals surface area contributed by atoms with Crippen LogP contribution in [0.5, 0.6) is 0 Å². The first-order chi connectivity index (χ1) is 7.62. The van der Waals surface area contributed by atoms with Gasteiger partial charge in [0.25, 0.3) is 0 Å². The number of ether oxygens (including phenoxy) is 1. The molecule has 0 aromatic rings. The van der Waals surface area contributed by atoms with Crippen LogP contribution in [0.4, 0.5) is 0 Å². The Balaban J connectivity index is 4.78. The predicted molar refractivity (Wildman–Crippen MR) is 75.4 cm³/mol. The Morgan fingerprint density at radius 2 is 1.88 bits per heavy atom. The van der Waals surface area contributed by atoms with Crippen LogP contribution >= 0.6 is 0 Å². The van der Waals surface area contributed by atoms with E-state index in [0.717, 1.165) is 0 Å². The number of hydrogen-bond donors (Lipinski definition) is 0. The molecule has 0 aliphatic heterocycles. The minimum absolute atomic E-state index is 0.242. The molecule has 0 saturated heterocycles. The van der Waals surface area contributed by atoms with Crippen molar-refractivity contribution >= 4 is 14.0 Å². The molecule has 0 radical (unpaired) electrons. The number of esters is 1. The van der Waals surface area contributed by atoms with Crippen molar-refractivity contribution in [2.45, 2.75) is 52.8 Å². The number of allylic oxidation sites excluding steroid dienone is 1. The molecule has 0 unspecified atom stereocenters. The fourth-order valence-corrected chi connectivity index (χ4v) is 1.62. The van der Waals surface area contributed by atoms with Crippen molar-refractivity contribution in [3.05, 3.63) is 11.6 Å². The fraction of sp³-hybridized carbons (Fsp3) is 0.643. The van der Waals surface area contributed by atoms with Gasteiger partial charge in [-0.25, -0.2) is 4.79 Å². The molecule has 2 nitrogen and oxygen atoms in total. The Morgan fingerprint density at radius 3 is 2.29 bits per heavy atom. The van der Waals surface area contributed by atoms with Gasteiger partial charge in [0.1, 0.15) is 8.07 Å². The van der Waals surface area contributed by atoms with Gasteiger partial charge in [-0.2, -0.15) is 0 Å². The second-order valence-corrected chi connectivity index (χ2v) is 10.7. The monoisotopic (exact) mass is 252 g/mol. The Kier molecular flexibility index (Phi) is 5.70. The minimum atomic E-state index is -1.58. The van der Waals surface area contributed by atoms with E-state index in [9.17, 15) is 4.79 Å². The molecule has 0 amide bonds. The lowest BCUT2D eigenvalue weighted by atomic mass is 10.2. The molecule has 0 atom stereocenters. The highest BCUT2D eigenvalue weighted by Crippen LogP contribution is 2.35. The molecule has 3 heteroatoms. The Labute approximate surface area is 106 Å². The molecule has 0 aromatic heterocycles. The fourth-order valence-electron chi connectivity index (χ4n) is 0.816. The summed E-state index contributed by atoms with van der Waals surface area (Å²) in [6.07, 6.45) is 1.67. The van der Waals surface area contributed by atoms with E-state index in [4.69, 9.17) is 4.74 Å². The lowest BCUT2D eigenvalue weighted by Crippen LogP contribution is -2.35. The average Bonchev–Trinajstić information content (AvgIpc) is 2.15. The lowest BCUT2D eigenvalue weighted by Gasteiger charge is -2.31. The Bertz CT molecular complexity index is 362. The van der Waals surface area contributed by atoms with Crippen LogP contribution in [0.1, 0.15) is 34.6 Å². The van der Waals surface area contributed by atoms with Crippen molar-refractivity contribution in [1.29, 1.82) is 0 Å². The van der Waals surface area contributed by atoms with Crippen LogP contribution in [0.25, 0.3) is 0 Å². The van der Waals surface area contributed by atoms with Crippen LogP contribution in [0.15, 0.2) is 11.6 Å². The predicted octanol–water partition coefficient (Wildman–Crippen LogP) is 3.55. The van der Waals surface area contributed by atoms with Gasteiger partial charge < -0.3 is 4.74 Å². The molecule has 0 aliphatic rings. The van der Waals surface area contributed by atoms with Crippen LogP contribution in [0.2, 0.25) is 18.1 Å². The smallest absolute Gasteiger partial charge is 0.334 e. The maximum absolute atomic E-state index is 11.3. The summed E-state index contributed by atoms with van der Waals surface area (Å²) in [5.41, 5.74) is 3.90. The first-order valence-corrected chi connectivity index (χ1v) is 8.98. The summed E-state index contributed by atoms with van der Waals surface area (Å²) in [5.74, 6) is 2.74. The zero-order valence-electron chi connectivity index (χ0n) is 12.1. The van der Waals surface area contributed by atoms with E-state index in [0.29, 0.717) is 12.2 Å². The van der Waals surface area contributed by atoms with Crippen molar-refractivity contribution in [3.63, 3.8) is 0 Å². The highest BCUT2D eigenvalue weighted by molar-refractivity contribution is 6.87. The molecule has 0 rings (SSSR count). The van der Waals surface area contributed by atoms with Gasteiger partial charge in [0.2, 0.25) is 0 Å². The largest absolute Gasteiger partial charge is 0.463 e. The van der Waals surface area contributed by atoms with Crippen molar-refractivity contribution < 1.29 is 9.53 Å². The van der Waals surface area contributed by atoms with Gasteiger partial charge in [-0.15, -0.1) is 5.54 Å². The quantitative estimate of drug-likeness (QED) is 0.325. The van der Waals surface area contributed by atoms with E-state index in [1.165, 1.54) is 0 Å². The van der Waals surface area contributed by atoms with Crippen molar-refractivity contribution in [3.8, 4) is 11.5 Å². The van der Waals surface area contributed by atoms with Crippen LogP contribution in [-0.2, 0) is 9.53 Å². The molecule has 0 fully saturated rings. The van der Waals surface area contributed by atoms with E-state index in [-0.39, 0.29) is 11.0 Å².